The molecule has 0 unspecified atom stereocenters. The van der Waals surface area contributed by atoms with Crippen molar-refractivity contribution in [3.05, 3.63) is 36.3 Å². The lowest BCUT2D eigenvalue weighted by atomic mass is 10.1. The van der Waals surface area contributed by atoms with Gasteiger partial charge in [0.2, 0.25) is 0 Å². The van der Waals surface area contributed by atoms with Crippen molar-refractivity contribution in [2.75, 3.05) is 7.11 Å². The molecule has 0 spiro atoms. The molecule has 1 aromatic rings. The molecule has 0 amide bonds. The molecule has 1 heterocycles. The Hall–Kier alpha value is -2.48. The van der Waals surface area contributed by atoms with E-state index in [-0.39, 0.29) is 5.70 Å². The van der Waals surface area contributed by atoms with Crippen LogP contribution in [-0.4, -0.2) is 23.3 Å². The van der Waals surface area contributed by atoms with E-state index in [4.69, 9.17) is 10.00 Å². The van der Waals surface area contributed by atoms with Gasteiger partial charge in [-0.25, -0.2) is 9.98 Å². The van der Waals surface area contributed by atoms with Crippen molar-refractivity contribution in [3.63, 3.8) is 0 Å². The fourth-order valence-corrected chi connectivity index (χ4v) is 1.11. The van der Waals surface area contributed by atoms with Gasteiger partial charge in [0, 0.05) is 18.0 Å². The van der Waals surface area contributed by atoms with Crippen LogP contribution < -0.4 is 4.74 Å². The van der Waals surface area contributed by atoms with Crippen LogP contribution in [0.4, 0.5) is 0 Å². The fourth-order valence-electron chi connectivity index (χ4n) is 1.11. The number of nitriles is 1. The maximum atomic E-state index is 8.51. The molecule has 0 aliphatic rings. The summed E-state index contributed by atoms with van der Waals surface area (Å²) in [4.78, 5) is 11.9. The summed E-state index contributed by atoms with van der Waals surface area (Å²) in [5, 5.41) is 8.51. The lowest BCUT2D eigenvalue weighted by molar-refractivity contribution is 0.378. The molecule has 17 heavy (non-hydrogen) atoms. The molecular formula is C12H12N4O. The number of aliphatic imine (C=N–C) groups is 1. The zero-order valence-electron chi connectivity index (χ0n) is 9.77. The first-order chi connectivity index (χ1) is 8.08. The molecule has 5 nitrogen and oxygen atoms in total. The van der Waals surface area contributed by atoms with Crippen LogP contribution in [0.1, 0.15) is 11.3 Å². The van der Waals surface area contributed by atoms with E-state index in [1.165, 1.54) is 13.3 Å². The van der Waals surface area contributed by atoms with Gasteiger partial charge in [-0.15, -0.1) is 0 Å². The normalized spacial score (nSPS) is 9.94. The van der Waals surface area contributed by atoms with Crippen LogP contribution in [0.25, 0.3) is 5.57 Å². The molecule has 0 bridgehead atoms. The highest BCUT2D eigenvalue weighted by molar-refractivity contribution is 6.09. The minimum Gasteiger partial charge on any atom is -0.467 e. The Morgan fingerprint density at radius 3 is 2.82 bits per heavy atom. The first-order valence-corrected chi connectivity index (χ1v) is 4.78. The predicted molar refractivity (Wildman–Crippen MR) is 65.6 cm³/mol. The second-order valence-electron chi connectivity index (χ2n) is 3.20. The van der Waals surface area contributed by atoms with Crippen LogP contribution >= 0.6 is 0 Å². The van der Waals surface area contributed by atoms with Crippen LogP contribution in [0.2, 0.25) is 0 Å². The molecule has 0 aliphatic heterocycles. The number of rotatable bonds is 4. The molecule has 0 aliphatic carbocycles. The summed E-state index contributed by atoms with van der Waals surface area (Å²) in [6.07, 6.45) is 3.06. The van der Waals surface area contributed by atoms with Crippen molar-refractivity contribution in [1.29, 1.82) is 5.26 Å². The van der Waals surface area contributed by atoms with Crippen LogP contribution in [-0.2, 0) is 0 Å². The van der Waals surface area contributed by atoms with Crippen molar-refractivity contribution >= 4 is 11.8 Å². The minimum atomic E-state index is 0.123. The molecule has 0 N–H and O–H groups in total. The molecule has 0 aromatic carbocycles. The number of hydrogen-bond donors (Lipinski definition) is 0. The third kappa shape index (κ3) is 3.24. The van der Waals surface area contributed by atoms with E-state index < -0.39 is 0 Å². The van der Waals surface area contributed by atoms with Gasteiger partial charge in [-0.3, -0.25) is 0 Å². The van der Waals surface area contributed by atoms with Crippen molar-refractivity contribution in [1.82, 2.24) is 9.97 Å². The fraction of sp³-hybridized carbons (Fsp3) is 0.167. The average Bonchev–Trinajstić information content (AvgIpc) is 2.35. The third-order valence-electron chi connectivity index (χ3n) is 1.99. The Morgan fingerprint density at radius 1 is 1.59 bits per heavy atom. The average molecular weight is 228 g/mol. The second-order valence-corrected chi connectivity index (χ2v) is 3.20. The topological polar surface area (TPSA) is 71.2 Å². The zero-order valence-corrected chi connectivity index (χ0v) is 9.77. The van der Waals surface area contributed by atoms with Gasteiger partial charge in [-0.05, 0) is 12.5 Å². The first-order valence-electron chi connectivity index (χ1n) is 4.78. The second kappa shape index (κ2) is 5.56. The Bertz CT molecular complexity index is 526. The summed E-state index contributed by atoms with van der Waals surface area (Å²) in [7, 11) is 1.50. The van der Waals surface area contributed by atoms with Gasteiger partial charge in [0.1, 0.15) is 11.8 Å². The number of allylic oxidation sites excluding steroid dienone is 2. The summed E-state index contributed by atoms with van der Waals surface area (Å²) in [6.45, 7) is 9.08. The van der Waals surface area contributed by atoms with Crippen molar-refractivity contribution in [3.8, 4) is 12.1 Å². The van der Waals surface area contributed by atoms with E-state index in [1.54, 1.807) is 6.20 Å². The Morgan fingerprint density at radius 2 is 2.29 bits per heavy atom. The Labute approximate surface area is 99.8 Å². The smallest absolute Gasteiger partial charge is 0.316 e. The predicted octanol–water partition coefficient (Wildman–Crippen LogP) is 1.91. The number of methoxy groups -OCH3 is 1. The highest BCUT2D eigenvalue weighted by Gasteiger charge is 2.05. The Balaban J connectivity index is 2.94. The summed E-state index contributed by atoms with van der Waals surface area (Å²) in [5.74, 6) is 0. The summed E-state index contributed by atoms with van der Waals surface area (Å²) in [5.41, 5.74) is 2.22. The van der Waals surface area contributed by atoms with Crippen LogP contribution in [0, 0.1) is 18.3 Å². The Kier molecular flexibility index (Phi) is 4.12. The van der Waals surface area contributed by atoms with Crippen LogP contribution in [0.3, 0.4) is 0 Å². The van der Waals surface area contributed by atoms with E-state index in [1.807, 2.05) is 13.0 Å². The minimum absolute atomic E-state index is 0.123. The first kappa shape index (κ1) is 12.6. The largest absolute Gasteiger partial charge is 0.467 e. The van der Waals surface area contributed by atoms with Crippen LogP contribution in [0.15, 0.2) is 30.0 Å². The molecule has 0 fully saturated rings. The highest BCUT2D eigenvalue weighted by Crippen LogP contribution is 2.15. The number of nitrogens with zero attached hydrogens (tertiary/aromatic N) is 4. The van der Waals surface area contributed by atoms with E-state index in [0.29, 0.717) is 11.6 Å². The van der Waals surface area contributed by atoms with E-state index in [9.17, 15) is 0 Å². The number of aromatic nitrogens is 2. The van der Waals surface area contributed by atoms with E-state index >= 15 is 0 Å². The van der Waals surface area contributed by atoms with Gasteiger partial charge in [0.05, 0.1) is 12.8 Å². The molecule has 1 aromatic heterocycles. The maximum Gasteiger partial charge on any atom is 0.316 e. The quantitative estimate of drug-likeness (QED) is 0.583. The maximum absolute atomic E-state index is 8.51. The monoisotopic (exact) mass is 228 g/mol. The summed E-state index contributed by atoms with van der Waals surface area (Å²) in [6, 6.07) is 2.12. The number of aryl methyl sites for hydroxylation is 1. The zero-order chi connectivity index (χ0) is 12.8. The molecule has 5 heteroatoms. The highest BCUT2D eigenvalue weighted by atomic mass is 16.5. The van der Waals surface area contributed by atoms with Gasteiger partial charge < -0.3 is 4.74 Å². The SMILES string of the molecule is C=C(C#N)N=CC(=C)c1cnc(OC)nc1C. The molecular weight excluding hydrogens is 216 g/mol. The van der Waals surface area contributed by atoms with E-state index in [0.717, 1.165) is 11.3 Å². The number of ether oxygens (including phenoxy) is 1. The molecule has 0 saturated carbocycles. The van der Waals surface area contributed by atoms with Crippen LogP contribution in [0.5, 0.6) is 6.01 Å². The number of hydrogen-bond acceptors (Lipinski definition) is 5. The van der Waals surface area contributed by atoms with Crippen molar-refractivity contribution < 1.29 is 4.74 Å². The molecule has 86 valence electrons. The molecule has 0 atom stereocenters. The lowest BCUT2D eigenvalue weighted by Gasteiger charge is -2.05. The van der Waals surface area contributed by atoms with Crippen molar-refractivity contribution in [2.45, 2.75) is 6.92 Å². The van der Waals surface area contributed by atoms with Crippen molar-refractivity contribution in [2.24, 2.45) is 4.99 Å². The molecule has 0 radical (unpaired) electrons. The summed E-state index contributed by atoms with van der Waals surface area (Å²) < 4.78 is 4.90. The molecule has 0 saturated heterocycles. The lowest BCUT2D eigenvalue weighted by Crippen LogP contribution is -1.98. The molecule has 1 rings (SSSR count). The van der Waals surface area contributed by atoms with E-state index in [2.05, 4.69) is 28.1 Å². The van der Waals surface area contributed by atoms with Gasteiger partial charge in [0.25, 0.3) is 0 Å². The van der Waals surface area contributed by atoms with Gasteiger partial charge in [-0.2, -0.15) is 10.2 Å². The summed E-state index contributed by atoms with van der Waals surface area (Å²) >= 11 is 0. The van der Waals surface area contributed by atoms with Gasteiger partial charge in [0.15, 0.2) is 0 Å². The standard InChI is InChI=1S/C12H12N4O/c1-8(6-14-9(2)5-13)11-7-15-12(17-4)16-10(11)3/h6-7H,1-2H2,3-4H3. The third-order valence-corrected chi connectivity index (χ3v) is 1.99. The van der Waals surface area contributed by atoms with Gasteiger partial charge >= 0.3 is 6.01 Å². The van der Waals surface area contributed by atoms with Gasteiger partial charge in [-0.1, -0.05) is 13.2 Å².